The second-order valence-corrected chi connectivity index (χ2v) is 8.72. The lowest BCUT2D eigenvalue weighted by atomic mass is 10.1. The maximum atomic E-state index is 12.8. The van der Waals surface area contributed by atoms with Gasteiger partial charge in [0.05, 0.1) is 17.1 Å². The molecule has 2 rings (SSSR count). The zero-order valence-electron chi connectivity index (χ0n) is 15.4. The molecule has 7 heteroatoms. The highest BCUT2D eigenvalue weighted by Crippen LogP contribution is 2.22. The number of carbonyl (C=O) groups is 1. The quantitative estimate of drug-likeness (QED) is 0.838. The summed E-state index contributed by atoms with van der Waals surface area (Å²) in [6, 6.07) is 6.36. The average Bonchev–Trinajstić information content (AvgIpc) is 2.54. The van der Waals surface area contributed by atoms with Gasteiger partial charge in [-0.3, -0.25) is 4.79 Å². The largest absolute Gasteiger partial charge is 0.373 e. The fourth-order valence-corrected chi connectivity index (χ4v) is 4.61. The zero-order valence-corrected chi connectivity index (χ0v) is 16.2. The molecule has 1 aliphatic heterocycles. The van der Waals surface area contributed by atoms with E-state index in [0.717, 1.165) is 12.8 Å². The van der Waals surface area contributed by atoms with Crippen LogP contribution in [0.4, 0.5) is 5.69 Å². The molecule has 0 radical (unpaired) electrons. The van der Waals surface area contributed by atoms with Crippen LogP contribution < -0.4 is 5.32 Å². The van der Waals surface area contributed by atoms with Crippen molar-refractivity contribution >= 4 is 21.6 Å². The number of rotatable bonds is 6. The van der Waals surface area contributed by atoms with Crippen LogP contribution in [0.2, 0.25) is 0 Å². The topological polar surface area (TPSA) is 75.7 Å². The highest BCUT2D eigenvalue weighted by Gasteiger charge is 2.32. The Hall–Kier alpha value is -1.44. The lowest BCUT2D eigenvalue weighted by Crippen LogP contribution is -2.48. The number of sulfonamides is 1. The van der Waals surface area contributed by atoms with E-state index >= 15 is 0 Å². The van der Waals surface area contributed by atoms with Crippen LogP contribution in [-0.2, 0) is 19.6 Å². The lowest BCUT2D eigenvalue weighted by Gasteiger charge is -2.34. The van der Waals surface area contributed by atoms with Gasteiger partial charge in [-0.25, -0.2) is 8.42 Å². The summed E-state index contributed by atoms with van der Waals surface area (Å²) < 4.78 is 32.6. The van der Waals surface area contributed by atoms with Gasteiger partial charge in [0.15, 0.2) is 0 Å². The van der Waals surface area contributed by atoms with Crippen molar-refractivity contribution in [3.05, 3.63) is 24.3 Å². The molecule has 3 unspecified atom stereocenters. The van der Waals surface area contributed by atoms with Gasteiger partial charge in [-0.05, 0) is 44.5 Å². The minimum absolute atomic E-state index is 0.0479. The Balaban J connectivity index is 2.09. The van der Waals surface area contributed by atoms with Gasteiger partial charge in [0, 0.05) is 24.7 Å². The summed E-state index contributed by atoms with van der Waals surface area (Å²) in [5.74, 6) is -0.113. The molecule has 1 fully saturated rings. The summed E-state index contributed by atoms with van der Waals surface area (Å²) in [7, 11) is -3.56. The average molecular weight is 368 g/mol. The minimum atomic E-state index is -3.56. The monoisotopic (exact) mass is 368 g/mol. The van der Waals surface area contributed by atoms with Gasteiger partial charge < -0.3 is 10.1 Å². The Bertz CT molecular complexity index is 678. The van der Waals surface area contributed by atoms with Crippen LogP contribution in [0.25, 0.3) is 0 Å². The highest BCUT2D eigenvalue weighted by molar-refractivity contribution is 7.89. The Kier molecular flexibility index (Phi) is 6.59. The lowest BCUT2D eigenvalue weighted by molar-refractivity contribution is -0.119. The first-order chi connectivity index (χ1) is 11.7. The number of nitrogens with one attached hydrogen (secondary N) is 1. The van der Waals surface area contributed by atoms with Gasteiger partial charge in [0.25, 0.3) is 0 Å². The van der Waals surface area contributed by atoms with Crippen molar-refractivity contribution in [2.45, 2.75) is 57.6 Å². The molecule has 1 aromatic rings. The van der Waals surface area contributed by atoms with Crippen molar-refractivity contribution in [3.8, 4) is 0 Å². The van der Waals surface area contributed by atoms with E-state index in [1.807, 2.05) is 27.7 Å². The van der Waals surface area contributed by atoms with E-state index in [4.69, 9.17) is 4.74 Å². The molecule has 0 aliphatic carbocycles. The van der Waals surface area contributed by atoms with E-state index < -0.39 is 10.0 Å². The maximum Gasteiger partial charge on any atom is 0.243 e. The molecule has 1 heterocycles. The van der Waals surface area contributed by atoms with Gasteiger partial charge in [-0.2, -0.15) is 4.31 Å². The normalized spacial score (nSPS) is 23.2. The second-order valence-electron chi connectivity index (χ2n) is 6.78. The smallest absolute Gasteiger partial charge is 0.243 e. The first-order valence-electron chi connectivity index (χ1n) is 8.80. The second kappa shape index (κ2) is 8.29. The molecule has 1 amide bonds. The zero-order chi connectivity index (χ0) is 18.6. The van der Waals surface area contributed by atoms with Crippen molar-refractivity contribution in [2.75, 3.05) is 18.4 Å². The Labute approximate surface area is 150 Å². The summed E-state index contributed by atoms with van der Waals surface area (Å²) in [5, 5.41) is 2.83. The SMILES string of the molecule is CCCC(C)C(=O)Nc1ccc(S(=O)(=O)N2CC(C)OC(C)C2)cc1. The van der Waals surface area contributed by atoms with Crippen LogP contribution in [0.5, 0.6) is 0 Å². The molecule has 25 heavy (non-hydrogen) atoms. The van der Waals surface area contributed by atoms with Crippen molar-refractivity contribution in [1.29, 1.82) is 0 Å². The molecule has 1 aliphatic rings. The maximum absolute atomic E-state index is 12.8. The third kappa shape index (κ3) is 5.03. The highest BCUT2D eigenvalue weighted by atomic mass is 32.2. The van der Waals surface area contributed by atoms with Crippen LogP contribution in [0.15, 0.2) is 29.2 Å². The van der Waals surface area contributed by atoms with Crippen LogP contribution in [-0.4, -0.2) is 43.9 Å². The minimum Gasteiger partial charge on any atom is -0.373 e. The molecular formula is C18H28N2O4S. The molecule has 1 aromatic carbocycles. The number of hydrogen-bond acceptors (Lipinski definition) is 4. The van der Waals surface area contributed by atoms with Crippen LogP contribution in [0.3, 0.4) is 0 Å². The van der Waals surface area contributed by atoms with Gasteiger partial charge in [0.1, 0.15) is 0 Å². The molecular weight excluding hydrogens is 340 g/mol. The number of morpholine rings is 1. The van der Waals surface area contributed by atoms with E-state index in [-0.39, 0.29) is 28.9 Å². The Morgan fingerprint density at radius 3 is 2.32 bits per heavy atom. The molecule has 1 N–H and O–H groups in total. The van der Waals surface area contributed by atoms with Crippen molar-refractivity contribution in [3.63, 3.8) is 0 Å². The number of anilines is 1. The molecule has 6 nitrogen and oxygen atoms in total. The molecule has 0 bridgehead atoms. The fourth-order valence-electron chi connectivity index (χ4n) is 3.02. The first-order valence-corrected chi connectivity index (χ1v) is 10.2. The standard InChI is InChI=1S/C18H28N2O4S/c1-5-6-13(2)18(21)19-16-7-9-17(10-8-16)25(22,23)20-11-14(3)24-15(4)12-20/h7-10,13-15H,5-6,11-12H2,1-4H3,(H,19,21). The molecule has 0 saturated carbocycles. The summed E-state index contributed by atoms with van der Waals surface area (Å²) in [4.78, 5) is 12.3. The van der Waals surface area contributed by atoms with Gasteiger partial charge >= 0.3 is 0 Å². The fraction of sp³-hybridized carbons (Fsp3) is 0.611. The predicted octanol–water partition coefficient (Wildman–Crippen LogP) is 2.86. The Morgan fingerprint density at radius 2 is 1.80 bits per heavy atom. The van der Waals surface area contributed by atoms with Crippen LogP contribution >= 0.6 is 0 Å². The van der Waals surface area contributed by atoms with Gasteiger partial charge in [-0.1, -0.05) is 20.3 Å². The van der Waals surface area contributed by atoms with E-state index in [0.29, 0.717) is 18.8 Å². The molecule has 0 spiro atoms. The summed E-state index contributed by atoms with van der Waals surface area (Å²) in [6.07, 6.45) is 1.52. The summed E-state index contributed by atoms with van der Waals surface area (Å²) >= 11 is 0. The van der Waals surface area contributed by atoms with Crippen molar-refractivity contribution in [1.82, 2.24) is 4.31 Å². The number of hydrogen-bond donors (Lipinski definition) is 1. The molecule has 0 aromatic heterocycles. The third-order valence-corrected chi connectivity index (χ3v) is 6.16. The number of benzene rings is 1. The number of nitrogens with zero attached hydrogens (tertiary/aromatic N) is 1. The van der Waals surface area contributed by atoms with Crippen LogP contribution in [0, 0.1) is 5.92 Å². The molecule has 3 atom stereocenters. The van der Waals surface area contributed by atoms with Gasteiger partial charge in [0.2, 0.25) is 15.9 Å². The predicted molar refractivity (Wildman–Crippen MR) is 97.9 cm³/mol. The van der Waals surface area contributed by atoms with Crippen LogP contribution in [0.1, 0.15) is 40.5 Å². The number of amides is 1. The first kappa shape index (κ1) is 19.9. The van der Waals surface area contributed by atoms with E-state index in [1.165, 1.54) is 4.31 Å². The summed E-state index contributed by atoms with van der Waals surface area (Å²) in [5.41, 5.74) is 0.607. The summed E-state index contributed by atoms with van der Waals surface area (Å²) in [6.45, 7) is 8.36. The van der Waals surface area contributed by atoms with Crippen molar-refractivity contribution < 1.29 is 17.9 Å². The molecule has 1 saturated heterocycles. The van der Waals surface area contributed by atoms with Crippen molar-refractivity contribution in [2.24, 2.45) is 5.92 Å². The van der Waals surface area contributed by atoms with Gasteiger partial charge in [-0.15, -0.1) is 0 Å². The third-order valence-electron chi connectivity index (χ3n) is 4.32. The number of carbonyl (C=O) groups excluding carboxylic acids is 1. The van der Waals surface area contributed by atoms with E-state index in [9.17, 15) is 13.2 Å². The number of ether oxygens (including phenoxy) is 1. The van der Waals surface area contributed by atoms with E-state index in [1.54, 1.807) is 24.3 Å². The molecule has 140 valence electrons. The Morgan fingerprint density at radius 1 is 1.24 bits per heavy atom. The van der Waals surface area contributed by atoms with E-state index in [2.05, 4.69) is 5.32 Å².